The molecule has 0 fully saturated rings. The van der Waals surface area contributed by atoms with Crippen LogP contribution in [0.2, 0.25) is 0 Å². The van der Waals surface area contributed by atoms with E-state index in [4.69, 9.17) is 4.74 Å². The van der Waals surface area contributed by atoms with E-state index in [1.54, 1.807) is 30.3 Å². The average Bonchev–Trinajstić information content (AvgIpc) is 2.39. The first-order valence-electron chi connectivity index (χ1n) is 6.43. The first-order valence-corrected chi connectivity index (χ1v) is 6.43. The summed E-state index contributed by atoms with van der Waals surface area (Å²) in [5.74, 6) is 0.507. The Morgan fingerprint density at radius 2 is 1.68 bits per heavy atom. The Morgan fingerprint density at radius 1 is 1.05 bits per heavy atom. The van der Waals surface area contributed by atoms with E-state index < -0.39 is 0 Å². The molecule has 1 N–H and O–H groups in total. The number of carbonyl (C=O) groups is 1. The summed E-state index contributed by atoms with van der Waals surface area (Å²) in [6, 6.07) is 10.5. The van der Waals surface area contributed by atoms with Gasteiger partial charge in [0.2, 0.25) is 0 Å². The maximum Gasteiger partial charge on any atom is 0.314 e. The fourth-order valence-electron chi connectivity index (χ4n) is 1.83. The van der Waals surface area contributed by atoms with Crippen molar-refractivity contribution in [2.24, 2.45) is 11.8 Å². The molecule has 0 amide bonds. The van der Waals surface area contributed by atoms with Crippen LogP contribution in [-0.2, 0) is 4.79 Å². The van der Waals surface area contributed by atoms with Crippen molar-refractivity contribution in [1.82, 2.24) is 0 Å². The van der Waals surface area contributed by atoms with Crippen molar-refractivity contribution in [3.63, 3.8) is 0 Å². The number of benzene rings is 2. The van der Waals surface area contributed by atoms with Crippen LogP contribution < -0.4 is 4.74 Å². The summed E-state index contributed by atoms with van der Waals surface area (Å²) in [7, 11) is 0. The molecule has 2 aromatic carbocycles. The summed E-state index contributed by atoms with van der Waals surface area (Å²) in [5.41, 5.74) is 0. The molecule has 2 aromatic rings. The summed E-state index contributed by atoms with van der Waals surface area (Å²) in [6.07, 6.45) is 0. The van der Waals surface area contributed by atoms with Gasteiger partial charge in [-0.3, -0.25) is 4.79 Å². The number of hydrogen-bond donors (Lipinski definition) is 1. The number of aromatic hydroxyl groups is 1. The highest BCUT2D eigenvalue weighted by Crippen LogP contribution is 2.31. The van der Waals surface area contributed by atoms with Gasteiger partial charge in [-0.05, 0) is 18.1 Å². The zero-order valence-electron chi connectivity index (χ0n) is 11.4. The second-order valence-corrected chi connectivity index (χ2v) is 5.08. The fraction of sp³-hybridized carbons (Fsp3) is 0.312. The first kappa shape index (κ1) is 13.4. The van der Waals surface area contributed by atoms with E-state index in [2.05, 4.69) is 0 Å². The predicted octanol–water partition coefficient (Wildman–Crippen LogP) is 3.74. The topological polar surface area (TPSA) is 46.5 Å². The quantitative estimate of drug-likeness (QED) is 0.673. The van der Waals surface area contributed by atoms with Crippen LogP contribution in [0.25, 0.3) is 10.8 Å². The zero-order chi connectivity index (χ0) is 14.0. The minimum absolute atomic E-state index is 0.160. The summed E-state index contributed by atoms with van der Waals surface area (Å²) >= 11 is 0. The Balaban J connectivity index is 2.36. The predicted molar refractivity (Wildman–Crippen MR) is 75.2 cm³/mol. The Labute approximate surface area is 112 Å². The highest BCUT2D eigenvalue weighted by molar-refractivity contribution is 5.94. The lowest BCUT2D eigenvalue weighted by Crippen LogP contribution is -2.22. The summed E-state index contributed by atoms with van der Waals surface area (Å²) in [5, 5.41) is 11.2. The number of phenolic OH excluding ortho intramolecular Hbond substituents is 1. The molecule has 0 heterocycles. The number of rotatable bonds is 3. The Morgan fingerprint density at radius 3 is 2.37 bits per heavy atom. The molecule has 0 saturated carbocycles. The summed E-state index contributed by atoms with van der Waals surface area (Å²) in [4.78, 5) is 12.0. The SMILES string of the molecule is CC(C)C(C)C(=O)Oc1cccc2c(O)cccc12. The van der Waals surface area contributed by atoms with Gasteiger partial charge < -0.3 is 9.84 Å². The van der Waals surface area contributed by atoms with Gasteiger partial charge in [-0.15, -0.1) is 0 Å². The molecule has 1 unspecified atom stereocenters. The molecule has 3 heteroatoms. The van der Waals surface area contributed by atoms with Crippen molar-refractivity contribution in [2.75, 3.05) is 0 Å². The van der Waals surface area contributed by atoms with Gasteiger partial charge in [-0.1, -0.05) is 45.0 Å². The average molecular weight is 258 g/mol. The molecule has 0 bridgehead atoms. The minimum atomic E-state index is -0.245. The second kappa shape index (κ2) is 5.31. The van der Waals surface area contributed by atoms with Crippen LogP contribution in [-0.4, -0.2) is 11.1 Å². The van der Waals surface area contributed by atoms with Crippen LogP contribution in [0.3, 0.4) is 0 Å². The fourth-order valence-corrected chi connectivity index (χ4v) is 1.83. The van der Waals surface area contributed by atoms with Gasteiger partial charge in [0.05, 0.1) is 5.92 Å². The molecule has 0 spiro atoms. The third kappa shape index (κ3) is 2.70. The van der Waals surface area contributed by atoms with E-state index in [-0.39, 0.29) is 23.6 Å². The van der Waals surface area contributed by atoms with E-state index >= 15 is 0 Å². The maximum atomic E-state index is 12.0. The maximum absolute atomic E-state index is 12.0. The van der Waals surface area contributed by atoms with Crippen LogP contribution in [0.4, 0.5) is 0 Å². The van der Waals surface area contributed by atoms with Gasteiger partial charge in [0.15, 0.2) is 0 Å². The zero-order valence-corrected chi connectivity index (χ0v) is 11.4. The van der Waals surface area contributed by atoms with Gasteiger partial charge in [-0.2, -0.15) is 0 Å². The number of ether oxygens (including phenoxy) is 1. The monoisotopic (exact) mass is 258 g/mol. The molecule has 1 atom stereocenters. The second-order valence-electron chi connectivity index (χ2n) is 5.08. The van der Waals surface area contributed by atoms with Crippen LogP contribution in [0.15, 0.2) is 36.4 Å². The van der Waals surface area contributed by atoms with E-state index in [0.29, 0.717) is 11.1 Å². The smallest absolute Gasteiger partial charge is 0.314 e. The molecule has 0 aliphatic rings. The number of hydrogen-bond acceptors (Lipinski definition) is 3. The van der Waals surface area contributed by atoms with Crippen molar-refractivity contribution < 1.29 is 14.6 Å². The lowest BCUT2D eigenvalue weighted by atomic mass is 9.98. The molecule has 0 aliphatic carbocycles. The Hall–Kier alpha value is -2.03. The highest BCUT2D eigenvalue weighted by Gasteiger charge is 2.19. The lowest BCUT2D eigenvalue weighted by Gasteiger charge is -2.15. The van der Waals surface area contributed by atoms with E-state index in [1.807, 2.05) is 26.8 Å². The third-order valence-corrected chi connectivity index (χ3v) is 3.44. The van der Waals surface area contributed by atoms with Crippen LogP contribution >= 0.6 is 0 Å². The molecule has 2 rings (SSSR count). The molecule has 0 aromatic heterocycles. The van der Waals surface area contributed by atoms with E-state index in [1.165, 1.54) is 0 Å². The molecule has 0 radical (unpaired) electrons. The van der Waals surface area contributed by atoms with E-state index in [9.17, 15) is 9.90 Å². The summed E-state index contributed by atoms with van der Waals surface area (Å²) in [6.45, 7) is 5.83. The van der Waals surface area contributed by atoms with Crippen molar-refractivity contribution in [1.29, 1.82) is 0 Å². The van der Waals surface area contributed by atoms with Crippen LogP contribution in [0, 0.1) is 11.8 Å². The van der Waals surface area contributed by atoms with Gasteiger partial charge >= 0.3 is 5.97 Å². The first-order chi connectivity index (χ1) is 9.00. The minimum Gasteiger partial charge on any atom is -0.507 e. The molecule has 0 saturated heterocycles. The molecule has 19 heavy (non-hydrogen) atoms. The van der Waals surface area contributed by atoms with E-state index in [0.717, 1.165) is 5.39 Å². The van der Waals surface area contributed by atoms with Crippen molar-refractivity contribution in [3.05, 3.63) is 36.4 Å². The van der Waals surface area contributed by atoms with Crippen LogP contribution in [0.1, 0.15) is 20.8 Å². The Bertz CT molecular complexity index is 602. The van der Waals surface area contributed by atoms with Crippen LogP contribution in [0.5, 0.6) is 11.5 Å². The van der Waals surface area contributed by atoms with Gasteiger partial charge in [0, 0.05) is 10.8 Å². The van der Waals surface area contributed by atoms with Crippen molar-refractivity contribution in [3.8, 4) is 11.5 Å². The largest absolute Gasteiger partial charge is 0.507 e. The van der Waals surface area contributed by atoms with Crippen molar-refractivity contribution >= 4 is 16.7 Å². The van der Waals surface area contributed by atoms with Crippen molar-refractivity contribution in [2.45, 2.75) is 20.8 Å². The lowest BCUT2D eigenvalue weighted by molar-refractivity contribution is -0.139. The molecular formula is C16H18O3. The molecule has 3 nitrogen and oxygen atoms in total. The normalized spacial score (nSPS) is 12.6. The standard InChI is InChI=1S/C16H18O3/c1-10(2)11(3)16(18)19-15-9-5-6-12-13(15)7-4-8-14(12)17/h4-11,17H,1-3H3. The highest BCUT2D eigenvalue weighted by atomic mass is 16.5. The molecular weight excluding hydrogens is 240 g/mol. The van der Waals surface area contributed by atoms with Gasteiger partial charge in [0.25, 0.3) is 0 Å². The molecule has 100 valence electrons. The number of phenols is 1. The number of fused-ring (bicyclic) bond motifs is 1. The van der Waals surface area contributed by atoms with Gasteiger partial charge in [-0.25, -0.2) is 0 Å². The number of carbonyl (C=O) groups excluding carboxylic acids is 1. The summed E-state index contributed by atoms with van der Waals surface area (Å²) < 4.78 is 5.46. The number of esters is 1. The Kier molecular flexibility index (Phi) is 3.74. The third-order valence-electron chi connectivity index (χ3n) is 3.44. The van der Waals surface area contributed by atoms with Gasteiger partial charge in [0.1, 0.15) is 11.5 Å². The molecule has 0 aliphatic heterocycles.